The van der Waals surface area contributed by atoms with Crippen molar-refractivity contribution in [2.45, 2.75) is 57.5 Å². The second-order valence-electron chi connectivity index (χ2n) is 8.90. The van der Waals surface area contributed by atoms with Crippen molar-refractivity contribution in [2.75, 3.05) is 12.0 Å². The molecular weight excluding hydrogens is 444 g/mol. The molecule has 1 unspecified atom stereocenters. The molecule has 1 atom stereocenters. The number of amides is 2. The molecule has 0 spiro atoms. The quantitative estimate of drug-likeness (QED) is 0.445. The van der Waals surface area contributed by atoms with Crippen molar-refractivity contribution in [3.63, 3.8) is 0 Å². The molecule has 178 valence electrons. The second kappa shape index (κ2) is 11.3. The Kier molecular flexibility index (Phi) is 8.01. The van der Waals surface area contributed by atoms with Crippen LogP contribution in [0.2, 0.25) is 0 Å². The van der Waals surface area contributed by atoms with E-state index in [2.05, 4.69) is 5.32 Å². The van der Waals surface area contributed by atoms with Crippen molar-refractivity contribution >= 4 is 28.8 Å². The number of ether oxygens (including phenoxy) is 1. The first-order chi connectivity index (χ1) is 16.6. The number of methoxy groups -OCH3 is 1. The third kappa shape index (κ3) is 5.68. The summed E-state index contributed by atoms with van der Waals surface area (Å²) in [6.45, 7) is 1.98. The Morgan fingerprint density at radius 2 is 1.85 bits per heavy atom. The van der Waals surface area contributed by atoms with Gasteiger partial charge in [-0.3, -0.25) is 14.5 Å². The van der Waals surface area contributed by atoms with Crippen molar-refractivity contribution in [2.24, 2.45) is 0 Å². The van der Waals surface area contributed by atoms with Crippen LogP contribution in [0.25, 0.3) is 0 Å². The highest BCUT2D eigenvalue weighted by Gasteiger charge is 2.35. The maximum atomic E-state index is 13.9. The van der Waals surface area contributed by atoms with Crippen LogP contribution in [0.1, 0.15) is 54.8 Å². The van der Waals surface area contributed by atoms with E-state index < -0.39 is 6.04 Å². The summed E-state index contributed by atoms with van der Waals surface area (Å²) in [5.41, 5.74) is 3.31. The minimum atomic E-state index is -0.801. The average molecular weight is 477 g/mol. The Hall–Kier alpha value is -3.12. The molecule has 4 rings (SSSR count). The number of hydrogen-bond donors (Lipinski definition) is 1. The van der Waals surface area contributed by atoms with Crippen LogP contribution < -0.4 is 15.0 Å². The Bertz CT molecular complexity index is 1090. The van der Waals surface area contributed by atoms with E-state index in [1.54, 1.807) is 23.3 Å². The lowest BCUT2D eigenvalue weighted by Crippen LogP contribution is -2.47. The number of thiophene rings is 1. The summed E-state index contributed by atoms with van der Waals surface area (Å²) in [6, 6.07) is 16.6. The number of carbonyl (C=O) groups is 2. The van der Waals surface area contributed by atoms with Gasteiger partial charge < -0.3 is 10.1 Å². The molecule has 2 amide bonds. The van der Waals surface area contributed by atoms with Crippen LogP contribution in [0.5, 0.6) is 5.75 Å². The first kappa shape index (κ1) is 24.0. The standard InChI is InChI=1S/C28H32N2O3S/c1-20-13-14-25(33-2)24(17-20)30(26(31)18-21-15-16-34-19-21)27(22-9-5-3-6-10-22)28(32)29-23-11-7-4-8-12-23/h3,5-6,9-10,13-17,19,23,27H,4,7-8,11-12,18H2,1-2H3,(H,29,32). The van der Waals surface area contributed by atoms with Crippen molar-refractivity contribution in [3.05, 3.63) is 82.0 Å². The normalized spacial score (nSPS) is 14.9. The summed E-state index contributed by atoms with van der Waals surface area (Å²) in [7, 11) is 1.59. The van der Waals surface area contributed by atoms with Gasteiger partial charge in [-0.2, -0.15) is 11.3 Å². The first-order valence-corrected chi connectivity index (χ1v) is 12.8. The smallest absolute Gasteiger partial charge is 0.248 e. The molecule has 0 bridgehead atoms. The minimum absolute atomic E-state index is 0.140. The zero-order valence-corrected chi connectivity index (χ0v) is 20.6. The van der Waals surface area contributed by atoms with Crippen LogP contribution >= 0.6 is 11.3 Å². The Morgan fingerprint density at radius 3 is 2.53 bits per heavy atom. The molecular formula is C28H32N2O3S. The lowest BCUT2D eigenvalue weighted by molar-refractivity contribution is -0.127. The van der Waals surface area contributed by atoms with Crippen molar-refractivity contribution in [3.8, 4) is 5.75 Å². The summed E-state index contributed by atoms with van der Waals surface area (Å²) in [6.07, 6.45) is 5.61. The van der Waals surface area contributed by atoms with Gasteiger partial charge in [0.25, 0.3) is 0 Å². The fourth-order valence-corrected chi connectivity index (χ4v) is 5.31. The third-order valence-corrected chi connectivity index (χ3v) is 7.10. The molecule has 5 nitrogen and oxygen atoms in total. The van der Waals surface area contributed by atoms with Gasteiger partial charge in [-0.1, -0.05) is 55.7 Å². The predicted molar refractivity (Wildman–Crippen MR) is 137 cm³/mol. The molecule has 3 aromatic rings. The second-order valence-corrected chi connectivity index (χ2v) is 9.68. The summed E-state index contributed by atoms with van der Waals surface area (Å²) in [5.74, 6) is 0.269. The molecule has 0 saturated heterocycles. The summed E-state index contributed by atoms with van der Waals surface area (Å²) >= 11 is 1.56. The molecule has 6 heteroatoms. The van der Waals surface area contributed by atoms with Crippen LogP contribution in [0.3, 0.4) is 0 Å². The van der Waals surface area contributed by atoms with Gasteiger partial charge in [0.1, 0.15) is 11.8 Å². The number of nitrogens with zero attached hydrogens (tertiary/aromatic N) is 1. The Balaban J connectivity index is 1.79. The van der Waals surface area contributed by atoms with Crippen LogP contribution in [0.4, 0.5) is 5.69 Å². The molecule has 1 saturated carbocycles. The van der Waals surface area contributed by atoms with Crippen LogP contribution in [-0.2, 0) is 16.0 Å². The molecule has 0 radical (unpaired) electrons. The maximum absolute atomic E-state index is 13.9. The summed E-state index contributed by atoms with van der Waals surface area (Å²) < 4.78 is 5.66. The van der Waals surface area contributed by atoms with Gasteiger partial charge in [-0.15, -0.1) is 0 Å². The summed E-state index contributed by atoms with van der Waals surface area (Å²) in [5, 5.41) is 7.20. The van der Waals surface area contributed by atoms with Gasteiger partial charge in [0.2, 0.25) is 11.8 Å². The Morgan fingerprint density at radius 1 is 1.09 bits per heavy atom. The maximum Gasteiger partial charge on any atom is 0.248 e. The van der Waals surface area contributed by atoms with E-state index >= 15 is 0 Å². The van der Waals surface area contributed by atoms with Crippen molar-refractivity contribution in [1.82, 2.24) is 5.32 Å². The lowest BCUT2D eigenvalue weighted by Gasteiger charge is -2.34. The number of nitrogens with one attached hydrogen (secondary N) is 1. The highest BCUT2D eigenvalue weighted by molar-refractivity contribution is 7.08. The SMILES string of the molecule is COc1ccc(C)cc1N(C(=O)Cc1ccsc1)C(C(=O)NC1CCCCC1)c1ccccc1. The zero-order valence-electron chi connectivity index (χ0n) is 19.8. The molecule has 1 heterocycles. The molecule has 34 heavy (non-hydrogen) atoms. The highest BCUT2D eigenvalue weighted by atomic mass is 32.1. The number of carbonyl (C=O) groups excluding carboxylic acids is 2. The van der Waals surface area contributed by atoms with Gasteiger partial charge in [-0.05, 0) is 65.4 Å². The molecule has 1 aliphatic carbocycles. The number of anilines is 1. The lowest BCUT2D eigenvalue weighted by atomic mass is 9.94. The van der Waals surface area contributed by atoms with E-state index in [4.69, 9.17) is 4.74 Å². The van der Waals surface area contributed by atoms with E-state index in [-0.39, 0.29) is 24.3 Å². The van der Waals surface area contributed by atoms with Gasteiger partial charge in [-0.25, -0.2) is 0 Å². The highest BCUT2D eigenvalue weighted by Crippen LogP contribution is 2.36. The number of hydrogen-bond acceptors (Lipinski definition) is 4. The van der Waals surface area contributed by atoms with E-state index in [0.29, 0.717) is 11.4 Å². The molecule has 1 N–H and O–H groups in total. The average Bonchev–Trinajstić information content (AvgIpc) is 3.36. The topological polar surface area (TPSA) is 58.6 Å². The fourth-order valence-electron chi connectivity index (χ4n) is 4.64. The minimum Gasteiger partial charge on any atom is -0.495 e. The van der Waals surface area contributed by atoms with E-state index in [9.17, 15) is 9.59 Å². The van der Waals surface area contributed by atoms with Crippen molar-refractivity contribution < 1.29 is 14.3 Å². The van der Waals surface area contributed by atoms with Crippen molar-refractivity contribution in [1.29, 1.82) is 0 Å². The zero-order chi connectivity index (χ0) is 23.9. The molecule has 1 aliphatic rings. The van der Waals surface area contributed by atoms with E-state index in [1.807, 2.05) is 72.3 Å². The van der Waals surface area contributed by atoms with Gasteiger partial charge in [0, 0.05) is 6.04 Å². The summed E-state index contributed by atoms with van der Waals surface area (Å²) in [4.78, 5) is 29.4. The molecule has 2 aromatic carbocycles. The van der Waals surface area contributed by atoms with Gasteiger partial charge >= 0.3 is 0 Å². The van der Waals surface area contributed by atoms with E-state index in [0.717, 1.165) is 42.4 Å². The van der Waals surface area contributed by atoms with Crippen LogP contribution in [0, 0.1) is 6.92 Å². The Labute approximate surface area is 205 Å². The number of aryl methyl sites for hydroxylation is 1. The van der Waals surface area contributed by atoms with Crippen LogP contribution in [0.15, 0.2) is 65.4 Å². The molecule has 1 aromatic heterocycles. The largest absolute Gasteiger partial charge is 0.495 e. The van der Waals surface area contributed by atoms with Gasteiger partial charge in [0.15, 0.2) is 0 Å². The van der Waals surface area contributed by atoms with E-state index in [1.165, 1.54) is 6.42 Å². The first-order valence-electron chi connectivity index (χ1n) is 11.9. The number of rotatable bonds is 8. The van der Waals surface area contributed by atoms with Gasteiger partial charge in [0.05, 0.1) is 19.2 Å². The molecule has 0 aliphatic heterocycles. The number of benzene rings is 2. The fraction of sp³-hybridized carbons (Fsp3) is 0.357. The van der Waals surface area contributed by atoms with Crippen LogP contribution in [-0.4, -0.2) is 25.0 Å². The third-order valence-electron chi connectivity index (χ3n) is 6.37. The predicted octanol–water partition coefficient (Wildman–Crippen LogP) is 5.83. The monoisotopic (exact) mass is 476 g/mol. The molecule has 1 fully saturated rings.